The lowest BCUT2D eigenvalue weighted by molar-refractivity contribution is 0.143. The van der Waals surface area contributed by atoms with Crippen molar-refractivity contribution >= 4 is 6.03 Å². The van der Waals surface area contributed by atoms with Crippen LogP contribution in [0.25, 0.3) is 0 Å². The van der Waals surface area contributed by atoms with E-state index in [9.17, 15) is 4.79 Å². The van der Waals surface area contributed by atoms with Crippen LogP contribution in [0.5, 0.6) is 0 Å². The van der Waals surface area contributed by atoms with Crippen molar-refractivity contribution < 1.29 is 9.21 Å². The Kier molecular flexibility index (Phi) is 5.53. The minimum atomic E-state index is -0.176. The molecule has 0 aromatic carbocycles. The largest absolute Gasteiger partial charge is 0.468 e. The number of piperidine rings is 1. The number of carbonyl (C=O) groups is 1. The second-order valence-corrected chi connectivity index (χ2v) is 6.14. The van der Waals surface area contributed by atoms with Crippen LogP contribution in [0.3, 0.4) is 0 Å². The molecule has 1 saturated heterocycles. The van der Waals surface area contributed by atoms with Crippen molar-refractivity contribution in [1.29, 1.82) is 0 Å². The summed E-state index contributed by atoms with van der Waals surface area (Å²) < 4.78 is 7.34. The molecule has 0 aliphatic carbocycles. The highest BCUT2D eigenvalue weighted by Gasteiger charge is 2.24. The maximum atomic E-state index is 12.1. The van der Waals surface area contributed by atoms with E-state index >= 15 is 0 Å². The van der Waals surface area contributed by atoms with E-state index in [1.807, 2.05) is 25.2 Å². The van der Waals surface area contributed by atoms with Gasteiger partial charge in [-0.3, -0.25) is 9.58 Å². The van der Waals surface area contributed by atoms with Crippen LogP contribution < -0.4 is 10.6 Å². The van der Waals surface area contributed by atoms with Crippen LogP contribution in [-0.4, -0.2) is 40.3 Å². The lowest BCUT2D eigenvalue weighted by Gasteiger charge is -2.33. The Hall–Kier alpha value is -2.28. The van der Waals surface area contributed by atoms with Gasteiger partial charge in [0, 0.05) is 19.8 Å². The summed E-state index contributed by atoms with van der Waals surface area (Å²) in [5.74, 6) is 0.906. The molecule has 7 nitrogen and oxygen atoms in total. The number of aromatic nitrogens is 2. The molecule has 0 radical (unpaired) electrons. The molecule has 2 aromatic rings. The van der Waals surface area contributed by atoms with E-state index in [0.717, 1.165) is 24.5 Å². The maximum Gasteiger partial charge on any atom is 0.315 e. The molecule has 1 atom stereocenters. The lowest BCUT2D eigenvalue weighted by atomic mass is 10.1. The third-order valence-electron chi connectivity index (χ3n) is 4.51. The van der Waals surface area contributed by atoms with Gasteiger partial charge in [-0.25, -0.2) is 4.79 Å². The molecule has 24 heavy (non-hydrogen) atoms. The smallest absolute Gasteiger partial charge is 0.315 e. The van der Waals surface area contributed by atoms with Gasteiger partial charge in [0.05, 0.1) is 24.5 Å². The molecule has 2 amide bonds. The van der Waals surface area contributed by atoms with Crippen molar-refractivity contribution in [2.24, 2.45) is 7.05 Å². The van der Waals surface area contributed by atoms with Gasteiger partial charge in [-0.05, 0) is 44.1 Å². The minimum Gasteiger partial charge on any atom is -0.468 e. The van der Waals surface area contributed by atoms with Gasteiger partial charge in [0.1, 0.15) is 5.76 Å². The third-order valence-corrected chi connectivity index (χ3v) is 4.51. The summed E-state index contributed by atoms with van der Waals surface area (Å²) in [7, 11) is 1.86. The van der Waals surface area contributed by atoms with Gasteiger partial charge in [-0.2, -0.15) is 5.10 Å². The molecular weight excluding hydrogens is 306 g/mol. The molecule has 0 bridgehead atoms. The molecular formula is C17H25N5O2. The highest BCUT2D eigenvalue weighted by Crippen LogP contribution is 2.24. The molecule has 3 heterocycles. The fourth-order valence-electron chi connectivity index (χ4n) is 3.12. The number of hydrogen-bond donors (Lipinski definition) is 2. The lowest BCUT2D eigenvalue weighted by Crippen LogP contribution is -2.43. The topological polar surface area (TPSA) is 75.3 Å². The van der Waals surface area contributed by atoms with Crippen LogP contribution in [0.1, 0.15) is 36.8 Å². The molecule has 0 spiro atoms. The molecule has 2 aromatic heterocycles. The fraction of sp³-hybridized carbons (Fsp3) is 0.529. The standard InChI is InChI=1S/C17H25N5O2/c1-21-14(7-8-20-21)12-18-17(23)19-13-15(16-6-5-11-24-16)22-9-3-2-4-10-22/h5-8,11,15H,2-4,9-10,12-13H2,1H3,(H2,18,19,23). The quantitative estimate of drug-likeness (QED) is 0.849. The van der Waals surface area contributed by atoms with Gasteiger partial charge in [-0.1, -0.05) is 6.42 Å². The summed E-state index contributed by atoms with van der Waals surface area (Å²) in [6.45, 7) is 3.08. The van der Waals surface area contributed by atoms with Gasteiger partial charge >= 0.3 is 6.03 Å². The average Bonchev–Trinajstić information content (AvgIpc) is 3.26. The first kappa shape index (κ1) is 16.6. The second kappa shape index (κ2) is 8.01. The Labute approximate surface area is 142 Å². The highest BCUT2D eigenvalue weighted by molar-refractivity contribution is 5.73. The highest BCUT2D eigenvalue weighted by atomic mass is 16.3. The average molecular weight is 331 g/mol. The Bertz CT molecular complexity index is 631. The first-order valence-electron chi connectivity index (χ1n) is 8.50. The van der Waals surface area contributed by atoms with Crippen LogP contribution in [0.2, 0.25) is 0 Å². The number of nitrogens with one attached hydrogen (secondary N) is 2. The fourth-order valence-corrected chi connectivity index (χ4v) is 3.12. The first-order chi connectivity index (χ1) is 11.7. The molecule has 7 heteroatoms. The van der Waals surface area contributed by atoms with Crippen LogP contribution in [0, 0.1) is 0 Å². The molecule has 1 fully saturated rings. The zero-order valence-corrected chi connectivity index (χ0v) is 14.1. The maximum absolute atomic E-state index is 12.1. The number of carbonyl (C=O) groups excluding carboxylic acids is 1. The number of furan rings is 1. The number of rotatable bonds is 6. The number of amides is 2. The normalized spacial score (nSPS) is 16.7. The third kappa shape index (κ3) is 4.17. The van der Waals surface area contributed by atoms with Crippen LogP contribution in [-0.2, 0) is 13.6 Å². The molecule has 130 valence electrons. The van der Waals surface area contributed by atoms with E-state index in [4.69, 9.17) is 4.42 Å². The van der Waals surface area contributed by atoms with Gasteiger partial charge < -0.3 is 15.1 Å². The van der Waals surface area contributed by atoms with Gasteiger partial charge in [0.15, 0.2) is 0 Å². The zero-order valence-electron chi connectivity index (χ0n) is 14.1. The number of nitrogens with zero attached hydrogens (tertiary/aromatic N) is 3. The summed E-state index contributed by atoms with van der Waals surface area (Å²) in [5, 5.41) is 9.93. The molecule has 1 aliphatic rings. The van der Waals surface area contributed by atoms with E-state index in [-0.39, 0.29) is 12.1 Å². The monoisotopic (exact) mass is 331 g/mol. The number of urea groups is 1. The van der Waals surface area contributed by atoms with Crippen LogP contribution in [0.15, 0.2) is 35.1 Å². The summed E-state index contributed by atoms with van der Waals surface area (Å²) in [6, 6.07) is 5.68. The SMILES string of the molecule is Cn1nccc1CNC(=O)NCC(c1ccco1)N1CCCCC1. The van der Waals surface area contributed by atoms with Gasteiger partial charge in [-0.15, -0.1) is 0 Å². The van der Waals surface area contributed by atoms with E-state index < -0.39 is 0 Å². The molecule has 1 unspecified atom stereocenters. The Morgan fingerprint density at radius 1 is 1.29 bits per heavy atom. The Morgan fingerprint density at radius 3 is 2.79 bits per heavy atom. The van der Waals surface area contributed by atoms with E-state index in [1.165, 1.54) is 19.3 Å². The number of hydrogen-bond acceptors (Lipinski definition) is 4. The number of aryl methyl sites for hydroxylation is 1. The van der Waals surface area contributed by atoms with Crippen LogP contribution in [0.4, 0.5) is 4.79 Å². The molecule has 0 saturated carbocycles. The van der Waals surface area contributed by atoms with Crippen molar-refractivity contribution in [1.82, 2.24) is 25.3 Å². The predicted octanol–water partition coefficient (Wildman–Crippen LogP) is 2.04. The van der Waals surface area contributed by atoms with E-state index in [0.29, 0.717) is 13.1 Å². The van der Waals surface area contributed by atoms with Crippen molar-refractivity contribution in [2.45, 2.75) is 31.8 Å². The summed E-state index contributed by atoms with van der Waals surface area (Å²) in [5.41, 5.74) is 0.962. The van der Waals surface area contributed by atoms with Crippen molar-refractivity contribution in [3.8, 4) is 0 Å². The van der Waals surface area contributed by atoms with Crippen molar-refractivity contribution in [2.75, 3.05) is 19.6 Å². The van der Waals surface area contributed by atoms with Crippen LogP contribution >= 0.6 is 0 Å². The minimum absolute atomic E-state index is 0.0859. The molecule has 2 N–H and O–H groups in total. The predicted molar refractivity (Wildman–Crippen MR) is 90.3 cm³/mol. The Morgan fingerprint density at radius 2 is 2.12 bits per heavy atom. The first-order valence-corrected chi connectivity index (χ1v) is 8.50. The second-order valence-electron chi connectivity index (χ2n) is 6.14. The van der Waals surface area contributed by atoms with Gasteiger partial charge in [0.2, 0.25) is 0 Å². The number of likely N-dealkylation sites (tertiary alicyclic amines) is 1. The summed E-state index contributed by atoms with van der Waals surface area (Å²) in [6.07, 6.45) is 7.08. The molecule has 1 aliphatic heterocycles. The summed E-state index contributed by atoms with van der Waals surface area (Å²) in [4.78, 5) is 14.5. The summed E-state index contributed by atoms with van der Waals surface area (Å²) >= 11 is 0. The van der Waals surface area contributed by atoms with Crippen molar-refractivity contribution in [3.05, 3.63) is 42.1 Å². The molecule has 3 rings (SSSR count). The van der Waals surface area contributed by atoms with E-state index in [1.54, 1.807) is 17.1 Å². The Balaban J connectivity index is 1.53. The van der Waals surface area contributed by atoms with E-state index in [2.05, 4.69) is 20.6 Å². The van der Waals surface area contributed by atoms with Crippen molar-refractivity contribution in [3.63, 3.8) is 0 Å². The van der Waals surface area contributed by atoms with Gasteiger partial charge in [0.25, 0.3) is 0 Å². The zero-order chi connectivity index (χ0) is 16.8.